The van der Waals surface area contributed by atoms with Crippen molar-refractivity contribution in [3.8, 4) is 11.8 Å². The summed E-state index contributed by atoms with van der Waals surface area (Å²) in [6, 6.07) is 17.4. The second-order valence-electron chi connectivity index (χ2n) is 4.72. The van der Waals surface area contributed by atoms with Crippen molar-refractivity contribution in [1.82, 2.24) is 5.32 Å². The number of nitrogens with zero attached hydrogens (tertiary/aromatic N) is 1. The average molecular weight is 307 g/mol. The topological polar surface area (TPSA) is 57.1 Å². The van der Waals surface area contributed by atoms with E-state index in [1.807, 2.05) is 48.5 Å². The minimum atomic E-state index is 0.476. The molecule has 5 heteroatoms. The third kappa shape index (κ3) is 2.52. The number of thiocarbonyl (C=S) groups is 1. The van der Waals surface area contributed by atoms with Gasteiger partial charge < -0.3 is 15.4 Å². The number of hydrogen-bond donors (Lipinski definition) is 2. The van der Waals surface area contributed by atoms with Crippen LogP contribution in [0.25, 0.3) is 11.3 Å². The van der Waals surface area contributed by atoms with Crippen molar-refractivity contribution in [2.24, 2.45) is 0 Å². The fourth-order valence-electron chi connectivity index (χ4n) is 2.39. The van der Waals surface area contributed by atoms with Crippen molar-refractivity contribution >= 4 is 34.3 Å². The zero-order valence-corrected chi connectivity index (χ0v) is 12.7. The van der Waals surface area contributed by atoms with E-state index in [1.165, 1.54) is 0 Å². The van der Waals surface area contributed by atoms with E-state index in [9.17, 15) is 5.26 Å². The summed E-state index contributed by atoms with van der Waals surface area (Å²) in [7, 11) is 1.60. The Morgan fingerprint density at radius 1 is 1.14 bits per heavy atom. The Hall–Kier alpha value is -2.84. The number of rotatable bonds is 2. The number of ether oxygens (including phenoxy) is 1. The lowest BCUT2D eigenvalue weighted by molar-refractivity contribution is 0.414. The maximum atomic E-state index is 9.65. The molecule has 0 bridgehead atoms. The van der Waals surface area contributed by atoms with Gasteiger partial charge in [-0.2, -0.15) is 5.26 Å². The monoisotopic (exact) mass is 307 g/mol. The summed E-state index contributed by atoms with van der Waals surface area (Å²) < 4.78 is 5.24. The Labute approximate surface area is 134 Å². The highest BCUT2D eigenvalue weighted by Crippen LogP contribution is 2.32. The fraction of sp³-hybridized carbons (Fsp3) is 0.0588. The molecule has 0 aliphatic carbocycles. The van der Waals surface area contributed by atoms with Gasteiger partial charge in [-0.3, -0.25) is 0 Å². The maximum absolute atomic E-state index is 9.65. The van der Waals surface area contributed by atoms with E-state index >= 15 is 0 Å². The van der Waals surface area contributed by atoms with Crippen LogP contribution < -0.4 is 15.4 Å². The molecular weight excluding hydrogens is 294 g/mol. The van der Waals surface area contributed by atoms with E-state index < -0.39 is 0 Å². The van der Waals surface area contributed by atoms with Gasteiger partial charge in [0.05, 0.1) is 18.4 Å². The van der Waals surface area contributed by atoms with Crippen LogP contribution in [-0.4, -0.2) is 12.2 Å². The van der Waals surface area contributed by atoms with Crippen molar-refractivity contribution in [3.63, 3.8) is 0 Å². The van der Waals surface area contributed by atoms with Crippen molar-refractivity contribution in [2.45, 2.75) is 0 Å². The largest absolute Gasteiger partial charge is 0.497 e. The van der Waals surface area contributed by atoms with Gasteiger partial charge in [-0.05, 0) is 36.0 Å². The number of para-hydroxylation sites is 1. The van der Waals surface area contributed by atoms with Crippen LogP contribution in [0.4, 0.5) is 5.69 Å². The highest BCUT2D eigenvalue weighted by atomic mass is 32.1. The minimum Gasteiger partial charge on any atom is -0.497 e. The molecule has 0 aromatic heterocycles. The predicted molar refractivity (Wildman–Crippen MR) is 91.2 cm³/mol. The van der Waals surface area contributed by atoms with Gasteiger partial charge in [-0.1, -0.05) is 30.3 Å². The summed E-state index contributed by atoms with van der Waals surface area (Å²) >= 11 is 5.23. The molecule has 2 N–H and O–H groups in total. The molecule has 3 rings (SSSR count). The SMILES string of the molecule is COc1cccc(/C(C#N)=C2\NC(=S)Nc3ccccc32)c1. The van der Waals surface area contributed by atoms with E-state index in [2.05, 4.69) is 16.7 Å². The van der Waals surface area contributed by atoms with Crippen LogP contribution >= 0.6 is 12.2 Å². The molecule has 0 amide bonds. The second-order valence-corrected chi connectivity index (χ2v) is 5.13. The normalized spacial score (nSPS) is 15.0. The lowest BCUT2D eigenvalue weighted by atomic mass is 9.98. The van der Waals surface area contributed by atoms with Crippen molar-refractivity contribution in [3.05, 3.63) is 59.7 Å². The first-order valence-electron chi connectivity index (χ1n) is 6.69. The quantitative estimate of drug-likeness (QED) is 0.658. The number of nitrogens with one attached hydrogen (secondary N) is 2. The Morgan fingerprint density at radius 2 is 1.95 bits per heavy atom. The van der Waals surface area contributed by atoms with Crippen LogP contribution in [0.5, 0.6) is 5.75 Å². The molecule has 0 atom stereocenters. The number of allylic oxidation sites excluding steroid dienone is 1. The Balaban J connectivity index is 2.22. The van der Waals surface area contributed by atoms with Gasteiger partial charge in [0, 0.05) is 11.3 Å². The summed E-state index contributed by atoms with van der Waals surface area (Å²) in [5.74, 6) is 0.704. The molecule has 2 aromatic carbocycles. The predicted octanol–water partition coefficient (Wildman–Crippen LogP) is 3.39. The van der Waals surface area contributed by atoms with Crippen molar-refractivity contribution < 1.29 is 4.74 Å². The zero-order chi connectivity index (χ0) is 15.5. The third-order valence-electron chi connectivity index (χ3n) is 3.40. The Bertz CT molecular complexity index is 821. The lowest BCUT2D eigenvalue weighted by Crippen LogP contribution is -2.32. The molecule has 1 aliphatic heterocycles. The molecule has 108 valence electrons. The van der Waals surface area contributed by atoms with Crippen LogP contribution in [-0.2, 0) is 0 Å². The number of hydrogen-bond acceptors (Lipinski definition) is 3. The van der Waals surface area contributed by atoms with Crippen LogP contribution in [0, 0.1) is 11.3 Å². The highest BCUT2D eigenvalue weighted by molar-refractivity contribution is 7.80. The minimum absolute atomic E-state index is 0.476. The molecule has 0 unspecified atom stereocenters. The summed E-state index contributed by atoms with van der Waals surface area (Å²) in [4.78, 5) is 0. The lowest BCUT2D eigenvalue weighted by Gasteiger charge is -2.24. The average Bonchev–Trinajstić information content (AvgIpc) is 2.55. The molecule has 22 heavy (non-hydrogen) atoms. The first kappa shape index (κ1) is 14.1. The summed E-state index contributed by atoms with van der Waals surface area (Å²) in [6.45, 7) is 0. The second kappa shape index (κ2) is 5.88. The number of anilines is 1. The number of fused-ring (bicyclic) bond motifs is 1. The zero-order valence-electron chi connectivity index (χ0n) is 11.9. The van der Waals surface area contributed by atoms with Gasteiger partial charge in [0.1, 0.15) is 11.8 Å². The maximum Gasteiger partial charge on any atom is 0.175 e. The van der Waals surface area contributed by atoms with E-state index in [1.54, 1.807) is 7.11 Å². The summed E-state index contributed by atoms with van der Waals surface area (Å²) in [5.41, 5.74) is 3.81. The van der Waals surface area contributed by atoms with Gasteiger partial charge in [-0.25, -0.2) is 0 Å². The molecule has 2 aromatic rings. The first-order valence-corrected chi connectivity index (χ1v) is 7.10. The van der Waals surface area contributed by atoms with Gasteiger partial charge in [0.2, 0.25) is 0 Å². The molecule has 1 aliphatic rings. The van der Waals surface area contributed by atoms with Gasteiger partial charge in [0.15, 0.2) is 5.11 Å². The van der Waals surface area contributed by atoms with Gasteiger partial charge >= 0.3 is 0 Å². The summed E-state index contributed by atoms with van der Waals surface area (Å²) in [5, 5.41) is 16.3. The summed E-state index contributed by atoms with van der Waals surface area (Å²) in [6.07, 6.45) is 0. The number of methoxy groups -OCH3 is 1. The Kier molecular flexibility index (Phi) is 3.77. The smallest absolute Gasteiger partial charge is 0.175 e. The highest BCUT2D eigenvalue weighted by Gasteiger charge is 2.20. The Morgan fingerprint density at radius 3 is 2.73 bits per heavy atom. The van der Waals surface area contributed by atoms with E-state index in [4.69, 9.17) is 17.0 Å². The van der Waals surface area contributed by atoms with Gasteiger partial charge in [0.25, 0.3) is 0 Å². The molecule has 4 nitrogen and oxygen atoms in total. The van der Waals surface area contributed by atoms with E-state index in [0.717, 1.165) is 16.8 Å². The molecule has 1 heterocycles. The molecular formula is C17H13N3OS. The van der Waals surface area contributed by atoms with Crippen molar-refractivity contribution in [1.29, 1.82) is 5.26 Å². The molecule has 0 spiro atoms. The number of benzene rings is 2. The van der Waals surface area contributed by atoms with Crippen molar-refractivity contribution in [2.75, 3.05) is 12.4 Å². The first-order chi connectivity index (χ1) is 10.7. The van der Waals surface area contributed by atoms with Crippen LogP contribution in [0.1, 0.15) is 11.1 Å². The van der Waals surface area contributed by atoms with Gasteiger partial charge in [-0.15, -0.1) is 0 Å². The molecule has 0 fully saturated rings. The van der Waals surface area contributed by atoms with Crippen LogP contribution in [0.15, 0.2) is 48.5 Å². The number of nitriles is 1. The standard InChI is InChI=1S/C17H13N3OS/c1-21-12-6-4-5-11(9-12)14(10-18)16-13-7-2-3-8-15(13)19-17(22)20-16/h2-9H,1H3,(H2,19,20,22)/b16-14-. The van der Waals surface area contributed by atoms with E-state index in [0.29, 0.717) is 22.1 Å². The molecule has 0 saturated heterocycles. The molecule has 0 saturated carbocycles. The van der Waals surface area contributed by atoms with E-state index in [-0.39, 0.29) is 0 Å². The van der Waals surface area contributed by atoms with Crippen LogP contribution in [0.3, 0.4) is 0 Å². The molecule has 0 radical (unpaired) electrons. The third-order valence-corrected chi connectivity index (χ3v) is 3.61. The van der Waals surface area contributed by atoms with Crippen LogP contribution in [0.2, 0.25) is 0 Å². The fourth-order valence-corrected chi connectivity index (χ4v) is 2.60.